The average molecular weight is 530 g/mol. The highest BCUT2D eigenvalue weighted by molar-refractivity contribution is 9.10. The molecule has 2 amide bonds. The third-order valence-corrected chi connectivity index (χ3v) is 6.46. The number of benzene rings is 2. The molecule has 1 fully saturated rings. The van der Waals surface area contributed by atoms with Crippen LogP contribution in [0, 0.1) is 12.8 Å². The number of esters is 1. The number of halogens is 3. The van der Waals surface area contributed by atoms with Gasteiger partial charge in [0.2, 0.25) is 5.91 Å². The molecule has 1 N–H and O–H groups in total. The Labute approximate surface area is 197 Å². The lowest BCUT2D eigenvalue weighted by atomic mass is 10.1. The Kier molecular flexibility index (Phi) is 7.46. The Balaban J connectivity index is 1.59. The molecule has 1 atom stereocenters. The number of anilines is 2. The van der Waals surface area contributed by atoms with Gasteiger partial charge in [0.05, 0.1) is 23.7 Å². The molecule has 2 aromatic carbocycles. The Bertz CT molecular complexity index is 1050. The first-order valence-electron chi connectivity index (χ1n) is 9.26. The lowest BCUT2D eigenvalue weighted by Gasteiger charge is -2.19. The van der Waals surface area contributed by atoms with Gasteiger partial charge in [-0.1, -0.05) is 23.2 Å². The number of ether oxygens (including phenoxy) is 2. The lowest BCUT2D eigenvalue weighted by Crippen LogP contribution is -2.28. The molecule has 0 aliphatic carbocycles. The molecule has 0 spiro atoms. The van der Waals surface area contributed by atoms with Gasteiger partial charge in [-0.05, 0) is 58.7 Å². The summed E-state index contributed by atoms with van der Waals surface area (Å²) in [6.07, 6.45) is -0.0302. The third-order valence-electron chi connectivity index (χ3n) is 4.85. The van der Waals surface area contributed by atoms with Crippen molar-refractivity contribution in [2.75, 3.05) is 30.5 Å². The zero-order valence-corrected chi connectivity index (χ0v) is 19.8. The van der Waals surface area contributed by atoms with E-state index in [1.165, 1.54) is 12.0 Å². The number of carbonyl (C=O) groups excluding carboxylic acids is 3. The second-order valence-corrected chi connectivity index (χ2v) is 8.58. The molecular formula is C21H19BrCl2N2O5. The third kappa shape index (κ3) is 5.31. The number of amides is 2. The fourth-order valence-electron chi connectivity index (χ4n) is 3.20. The zero-order chi connectivity index (χ0) is 22.7. The highest BCUT2D eigenvalue weighted by Gasteiger charge is 2.37. The molecule has 3 rings (SSSR count). The highest BCUT2D eigenvalue weighted by Crippen LogP contribution is 2.35. The van der Waals surface area contributed by atoms with E-state index < -0.39 is 24.4 Å². The van der Waals surface area contributed by atoms with Crippen molar-refractivity contribution >= 4 is 68.3 Å². The van der Waals surface area contributed by atoms with E-state index in [-0.39, 0.29) is 18.9 Å². The number of hydrogen-bond acceptors (Lipinski definition) is 5. The van der Waals surface area contributed by atoms with E-state index in [0.717, 1.165) is 0 Å². The van der Waals surface area contributed by atoms with Gasteiger partial charge in [-0.2, -0.15) is 0 Å². The van der Waals surface area contributed by atoms with Crippen molar-refractivity contribution in [2.24, 2.45) is 5.92 Å². The van der Waals surface area contributed by atoms with Gasteiger partial charge in [-0.15, -0.1) is 0 Å². The topological polar surface area (TPSA) is 84.9 Å². The number of hydrogen-bond donors (Lipinski definition) is 1. The molecule has 10 heteroatoms. The second kappa shape index (κ2) is 9.89. The maximum Gasteiger partial charge on any atom is 0.311 e. The second-order valence-electron chi connectivity index (χ2n) is 6.91. The zero-order valence-electron chi connectivity index (χ0n) is 16.7. The summed E-state index contributed by atoms with van der Waals surface area (Å²) in [6.45, 7) is 1.39. The molecule has 2 aromatic rings. The van der Waals surface area contributed by atoms with Crippen LogP contribution in [0.1, 0.15) is 12.0 Å². The van der Waals surface area contributed by atoms with Crippen LogP contribution >= 0.6 is 39.1 Å². The van der Waals surface area contributed by atoms with Crippen LogP contribution in [0.15, 0.2) is 34.8 Å². The van der Waals surface area contributed by atoms with Crippen LogP contribution in [0.4, 0.5) is 11.4 Å². The molecule has 1 aliphatic rings. The molecule has 0 aromatic heterocycles. The Morgan fingerprint density at radius 2 is 2.00 bits per heavy atom. The Hall–Kier alpha value is -2.29. The van der Waals surface area contributed by atoms with Gasteiger partial charge in [0.25, 0.3) is 5.91 Å². The summed E-state index contributed by atoms with van der Waals surface area (Å²) in [5.74, 6) is -1.63. The van der Waals surface area contributed by atoms with Crippen LogP contribution in [-0.4, -0.2) is 38.0 Å². The van der Waals surface area contributed by atoms with Crippen LogP contribution < -0.4 is 15.0 Å². The SMILES string of the molecule is COc1ccc(Cl)cc1N1C[C@@H](C(=O)OCC(=O)Nc2ccc(Br)c(Cl)c2C)CC1=O. The molecule has 0 saturated carbocycles. The Morgan fingerprint density at radius 3 is 2.71 bits per heavy atom. The largest absolute Gasteiger partial charge is 0.495 e. The van der Waals surface area contributed by atoms with E-state index in [0.29, 0.717) is 37.2 Å². The molecule has 31 heavy (non-hydrogen) atoms. The van der Waals surface area contributed by atoms with Crippen molar-refractivity contribution in [3.05, 3.63) is 50.4 Å². The van der Waals surface area contributed by atoms with E-state index in [1.807, 2.05) is 0 Å². The van der Waals surface area contributed by atoms with Crippen molar-refractivity contribution in [3.8, 4) is 5.75 Å². The van der Waals surface area contributed by atoms with E-state index in [9.17, 15) is 14.4 Å². The van der Waals surface area contributed by atoms with E-state index in [4.69, 9.17) is 32.7 Å². The van der Waals surface area contributed by atoms with Crippen LogP contribution in [0.5, 0.6) is 5.75 Å². The quantitative estimate of drug-likeness (QED) is 0.552. The molecule has 164 valence electrons. The highest BCUT2D eigenvalue weighted by atomic mass is 79.9. The molecule has 0 unspecified atom stereocenters. The van der Waals surface area contributed by atoms with E-state index in [2.05, 4.69) is 21.2 Å². The van der Waals surface area contributed by atoms with Crippen LogP contribution in [0.3, 0.4) is 0 Å². The predicted octanol–water partition coefficient (Wildman–Crippen LogP) is 4.61. The first-order chi connectivity index (χ1) is 14.7. The molecular weight excluding hydrogens is 511 g/mol. The fraction of sp³-hybridized carbons (Fsp3) is 0.286. The van der Waals surface area contributed by atoms with Crippen molar-refractivity contribution < 1.29 is 23.9 Å². The van der Waals surface area contributed by atoms with Gasteiger partial charge in [0.15, 0.2) is 6.61 Å². The number of carbonyl (C=O) groups is 3. The van der Waals surface area contributed by atoms with Gasteiger partial charge in [-0.3, -0.25) is 14.4 Å². The molecule has 1 aliphatic heterocycles. The average Bonchev–Trinajstić information content (AvgIpc) is 3.14. The standard InChI is InChI=1S/C21H19BrCl2N2O5/c1-11-15(5-4-14(22)20(11)24)25-18(27)10-31-21(29)12-7-19(28)26(9-12)16-8-13(23)3-6-17(16)30-2/h3-6,8,12H,7,9-10H2,1-2H3,(H,25,27)/t12-/m0/s1. The van der Waals surface area contributed by atoms with Crippen molar-refractivity contribution in [1.29, 1.82) is 0 Å². The number of nitrogens with one attached hydrogen (secondary N) is 1. The normalized spacial score (nSPS) is 15.7. The van der Waals surface area contributed by atoms with Crippen LogP contribution in [0.25, 0.3) is 0 Å². The van der Waals surface area contributed by atoms with Gasteiger partial charge < -0.3 is 19.7 Å². The van der Waals surface area contributed by atoms with Crippen LogP contribution in [0.2, 0.25) is 10.0 Å². The van der Waals surface area contributed by atoms with Crippen molar-refractivity contribution in [1.82, 2.24) is 0 Å². The lowest BCUT2D eigenvalue weighted by molar-refractivity contribution is -0.151. The van der Waals surface area contributed by atoms with Crippen molar-refractivity contribution in [3.63, 3.8) is 0 Å². The summed E-state index contributed by atoms with van der Waals surface area (Å²) < 4.78 is 11.1. The molecule has 0 bridgehead atoms. The van der Waals surface area contributed by atoms with Gasteiger partial charge >= 0.3 is 5.97 Å². The molecule has 1 heterocycles. The van der Waals surface area contributed by atoms with Crippen LogP contribution in [-0.2, 0) is 19.1 Å². The van der Waals surface area contributed by atoms with Gasteiger partial charge in [-0.25, -0.2) is 0 Å². The first-order valence-corrected chi connectivity index (χ1v) is 10.8. The molecule has 1 saturated heterocycles. The number of rotatable bonds is 6. The summed E-state index contributed by atoms with van der Waals surface area (Å²) >= 11 is 15.5. The van der Waals surface area contributed by atoms with E-state index >= 15 is 0 Å². The van der Waals surface area contributed by atoms with Gasteiger partial charge in [0, 0.05) is 28.1 Å². The maximum absolute atomic E-state index is 12.5. The summed E-state index contributed by atoms with van der Waals surface area (Å²) in [5.41, 5.74) is 1.68. The smallest absolute Gasteiger partial charge is 0.311 e. The monoisotopic (exact) mass is 528 g/mol. The maximum atomic E-state index is 12.5. The molecule has 7 nitrogen and oxygen atoms in total. The summed E-state index contributed by atoms with van der Waals surface area (Å²) in [6, 6.07) is 8.30. The summed E-state index contributed by atoms with van der Waals surface area (Å²) in [7, 11) is 1.48. The van der Waals surface area contributed by atoms with E-state index in [1.54, 1.807) is 37.3 Å². The Morgan fingerprint density at radius 1 is 1.26 bits per heavy atom. The summed E-state index contributed by atoms with van der Waals surface area (Å²) in [5, 5.41) is 3.58. The fourth-order valence-corrected chi connectivity index (χ4v) is 3.96. The summed E-state index contributed by atoms with van der Waals surface area (Å²) in [4.78, 5) is 38.5. The minimum atomic E-state index is -0.701. The minimum absolute atomic E-state index is 0.0302. The number of nitrogens with zero attached hydrogens (tertiary/aromatic N) is 1. The first kappa shape index (κ1) is 23.4. The predicted molar refractivity (Wildman–Crippen MR) is 122 cm³/mol. The van der Waals surface area contributed by atoms with Gasteiger partial charge in [0.1, 0.15) is 5.75 Å². The number of methoxy groups -OCH3 is 1. The minimum Gasteiger partial charge on any atom is -0.495 e. The van der Waals surface area contributed by atoms with Crippen molar-refractivity contribution in [2.45, 2.75) is 13.3 Å². The molecule has 0 radical (unpaired) electrons.